The topological polar surface area (TPSA) is 106 Å². The van der Waals surface area contributed by atoms with Gasteiger partial charge in [-0.15, -0.1) is 0 Å². The van der Waals surface area contributed by atoms with Gasteiger partial charge in [-0.1, -0.05) is 34.4 Å². The fourth-order valence-electron chi connectivity index (χ4n) is 3.91. The minimum Gasteiger partial charge on any atom is -0.310 e. The van der Waals surface area contributed by atoms with Crippen LogP contribution < -0.4 is 5.32 Å². The van der Waals surface area contributed by atoms with Crippen LogP contribution in [0.4, 0.5) is 5.82 Å². The maximum atomic E-state index is 13.2. The van der Waals surface area contributed by atoms with Gasteiger partial charge < -0.3 is 5.32 Å². The summed E-state index contributed by atoms with van der Waals surface area (Å²) >= 11 is 12.1. The third kappa shape index (κ3) is 6.24. The third-order valence-electron chi connectivity index (χ3n) is 5.59. The second kappa shape index (κ2) is 10.1. The van der Waals surface area contributed by atoms with E-state index < -0.39 is 15.8 Å². The van der Waals surface area contributed by atoms with Gasteiger partial charge in [-0.25, -0.2) is 13.4 Å². The number of amides is 1. The molecule has 3 rings (SSSR count). The van der Waals surface area contributed by atoms with Crippen molar-refractivity contribution < 1.29 is 13.2 Å². The van der Waals surface area contributed by atoms with Crippen LogP contribution in [0.5, 0.6) is 0 Å². The number of sulfone groups is 1. The van der Waals surface area contributed by atoms with Gasteiger partial charge in [0.15, 0.2) is 9.84 Å². The van der Waals surface area contributed by atoms with Crippen LogP contribution in [-0.2, 0) is 14.6 Å². The summed E-state index contributed by atoms with van der Waals surface area (Å²) in [7, 11) is -3.48. The number of carbonyl (C=O) groups excluding carboxylic acids is 1. The lowest BCUT2D eigenvalue weighted by Crippen LogP contribution is -2.26. The molecule has 0 bridgehead atoms. The molecule has 1 N–H and O–H groups in total. The second-order valence-corrected chi connectivity index (χ2v) is 10.7. The summed E-state index contributed by atoms with van der Waals surface area (Å²) in [5.74, 6) is -0.227. The molecule has 1 atom stereocenters. The molecule has 1 aliphatic carbocycles. The number of anilines is 1. The van der Waals surface area contributed by atoms with Gasteiger partial charge >= 0.3 is 0 Å². The lowest BCUT2D eigenvalue weighted by Gasteiger charge is -2.28. The average molecular weight is 484 g/mol. The number of nitroso groups, excluding NO2 is 1. The normalized spacial score (nSPS) is 20.1. The minimum atomic E-state index is -3.48. The summed E-state index contributed by atoms with van der Waals surface area (Å²) in [5.41, 5.74) is 0.625. The molecule has 0 saturated heterocycles. The zero-order chi connectivity index (χ0) is 22.6. The summed E-state index contributed by atoms with van der Waals surface area (Å²) < 4.78 is 23.8. The first-order valence-corrected chi connectivity index (χ1v) is 12.6. The first-order valence-electron chi connectivity index (χ1n) is 9.91. The fourth-order valence-corrected chi connectivity index (χ4v) is 5.36. The van der Waals surface area contributed by atoms with Crippen molar-refractivity contribution in [2.45, 2.75) is 49.0 Å². The van der Waals surface area contributed by atoms with E-state index in [0.29, 0.717) is 35.7 Å². The number of nitrogens with zero attached hydrogens (tertiary/aromatic N) is 2. The van der Waals surface area contributed by atoms with E-state index in [-0.39, 0.29) is 27.8 Å². The van der Waals surface area contributed by atoms with Gasteiger partial charge in [0.2, 0.25) is 5.91 Å². The highest BCUT2D eigenvalue weighted by Gasteiger charge is 2.29. The first-order chi connectivity index (χ1) is 14.7. The molecule has 31 heavy (non-hydrogen) atoms. The number of nitrogens with one attached hydrogen (secondary N) is 1. The number of aromatic nitrogens is 1. The fraction of sp³-hybridized carbons (Fsp3) is 0.429. The Hall–Kier alpha value is -2.03. The molecule has 166 valence electrons. The van der Waals surface area contributed by atoms with Crippen molar-refractivity contribution in [3.05, 3.63) is 57.0 Å². The molecule has 0 radical (unpaired) electrons. The number of benzene rings is 1. The average Bonchev–Trinajstić information content (AvgIpc) is 2.73. The van der Waals surface area contributed by atoms with Crippen LogP contribution in [0.25, 0.3) is 0 Å². The quantitative estimate of drug-likeness (QED) is 0.542. The van der Waals surface area contributed by atoms with Crippen molar-refractivity contribution >= 4 is 44.8 Å². The van der Waals surface area contributed by atoms with Gasteiger partial charge in [0.1, 0.15) is 5.82 Å². The third-order valence-corrected chi connectivity index (χ3v) is 7.39. The van der Waals surface area contributed by atoms with E-state index in [1.54, 1.807) is 18.2 Å². The predicted octanol–water partition coefficient (Wildman–Crippen LogP) is 5.23. The molecule has 7 nitrogen and oxygen atoms in total. The van der Waals surface area contributed by atoms with Crippen LogP contribution >= 0.6 is 23.2 Å². The molecule has 1 aromatic carbocycles. The number of pyridine rings is 1. The number of hydrogen-bond acceptors (Lipinski definition) is 6. The Balaban J connectivity index is 1.86. The SMILES string of the molecule is CS(=O)(=O)c1ccc([C@@H](CC2CCC(N=O)CC2)C(=O)Nc2ccc(Cl)cn2)cc1Cl. The molecule has 10 heteroatoms. The number of carbonyl (C=O) groups is 1. The Morgan fingerprint density at radius 1 is 1.19 bits per heavy atom. The van der Waals surface area contributed by atoms with Gasteiger partial charge in [-0.3, -0.25) is 4.79 Å². The Labute approximate surface area is 191 Å². The van der Waals surface area contributed by atoms with Crippen molar-refractivity contribution in [2.24, 2.45) is 11.1 Å². The summed E-state index contributed by atoms with van der Waals surface area (Å²) in [5, 5.41) is 6.48. The van der Waals surface area contributed by atoms with Crippen LogP contribution in [-0.4, -0.2) is 31.6 Å². The van der Waals surface area contributed by atoms with Crippen LogP contribution in [0.2, 0.25) is 10.0 Å². The molecule has 2 aromatic rings. The molecule has 0 spiro atoms. The van der Waals surface area contributed by atoms with Gasteiger partial charge in [-0.2, -0.15) is 4.91 Å². The monoisotopic (exact) mass is 483 g/mol. The Bertz CT molecular complexity index is 1050. The van der Waals surface area contributed by atoms with Crippen molar-refractivity contribution in [3.8, 4) is 0 Å². The molecule has 1 fully saturated rings. The van der Waals surface area contributed by atoms with Gasteiger partial charge in [-0.05, 0) is 67.9 Å². The van der Waals surface area contributed by atoms with Crippen molar-refractivity contribution in [1.82, 2.24) is 4.98 Å². The highest BCUT2D eigenvalue weighted by atomic mass is 35.5. The van der Waals surface area contributed by atoms with Crippen LogP contribution in [0.15, 0.2) is 46.6 Å². The van der Waals surface area contributed by atoms with Gasteiger partial charge in [0.05, 0.1) is 26.9 Å². The van der Waals surface area contributed by atoms with E-state index in [2.05, 4.69) is 15.5 Å². The standard InChI is InChI=1S/C21H23Cl2N3O4S/c1-31(29,30)19-8-4-14(11-18(19)23)17(10-13-2-6-16(26-28)7-3-13)21(27)25-20-9-5-15(22)12-24-20/h4-5,8-9,11-13,16-17H,2-3,6-7,10H2,1H3,(H,24,25,27)/t13?,16?,17-/m1/s1. The Morgan fingerprint density at radius 3 is 2.45 bits per heavy atom. The number of hydrogen-bond donors (Lipinski definition) is 1. The first kappa shape index (κ1) is 23.6. The molecule has 0 aliphatic heterocycles. The summed E-state index contributed by atoms with van der Waals surface area (Å²) in [6.07, 6.45) is 6.08. The Morgan fingerprint density at radius 2 is 1.90 bits per heavy atom. The van der Waals surface area contributed by atoms with E-state index in [4.69, 9.17) is 23.2 Å². The molecule has 1 saturated carbocycles. The molecule has 1 aliphatic rings. The number of halogens is 2. The lowest BCUT2D eigenvalue weighted by atomic mass is 9.79. The van der Waals surface area contributed by atoms with Crippen molar-refractivity contribution in [2.75, 3.05) is 11.6 Å². The Kier molecular flexibility index (Phi) is 7.67. The van der Waals surface area contributed by atoms with Gasteiger partial charge in [0.25, 0.3) is 0 Å². The van der Waals surface area contributed by atoms with Crippen LogP contribution in [0.3, 0.4) is 0 Å². The summed E-state index contributed by atoms with van der Waals surface area (Å²) in [4.78, 5) is 28.1. The molecular weight excluding hydrogens is 461 g/mol. The summed E-state index contributed by atoms with van der Waals surface area (Å²) in [6.45, 7) is 0. The van der Waals surface area contributed by atoms with E-state index >= 15 is 0 Å². The lowest BCUT2D eigenvalue weighted by molar-refractivity contribution is -0.118. The molecular formula is C21H23Cl2N3O4S. The zero-order valence-electron chi connectivity index (χ0n) is 16.9. The smallest absolute Gasteiger partial charge is 0.233 e. The van der Waals surface area contributed by atoms with Crippen molar-refractivity contribution in [1.29, 1.82) is 0 Å². The predicted molar refractivity (Wildman–Crippen MR) is 121 cm³/mol. The molecule has 1 aromatic heterocycles. The van der Waals surface area contributed by atoms with E-state index in [1.165, 1.54) is 18.3 Å². The maximum Gasteiger partial charge on any atom is 0.233 e. The van der Waals surface area contributed by atoms with Gasteiger partial charge in [0, 0.05) is 12.5 Å². The van der Waals surface area contributed by atoms with Crippen molar-refractivity contribution in [3.63, 3.8) is 0 Å². The highest BCUT2D eigenvalue weighted by Crippen LogP contribution is 2.36. The zero-order valence-corrected chi connectivity index (χ0v) is 19.3. The molecule has 0 unspecified atom stereocenters. The van der Waals surface area contributed by atoms with E-state index in [0.717, 1.165) is 19.1 Å². The summed E-state index contributed by atoms with van der Waals surface area (Å²) in [6, 6.07) is 7.67. The molecule has 1 amide bonds. The van der Waals surface area contributed by atoms with E-state index in [1.807, 2.05) is 0 Å². The maximum absolute atomic E-state index is 13.2. The number of rotatable bonds is 7. The van der Waals surface area contributed by atoms with E-state index in [9.17, 15) is 18.1 Å². The van der Waals surface area contributed by atoms with Crippen LogP contribution in [0, 0.1) is 10.8 Å². The molecule has 1 heterocycles. The minimum absolute atomic E-state index is 0.0222. The van der Waals surface area contributed by atoms with Crippen LogP contribution in [0.1, 0.15) is 43.6 Å². The largest absolute Gasteiger partial charge is 0.310 e. The second-order valence-electron chi connectivity index (χ2n) is 7.88. The highest BCUT2D eigenvalue weighted by molar-refractivity contribution is 7.90.